The van der Waals surface area contributed by atoms with Crippen molar-refractivity contribution >= 4 is 32.6 Å². The van der Waals surface area contributed by atoms with Gasteiger partial charge >= 0.3 is 0 Å². The Morgan fingerprint density at radius 3 is 2.75 bits per heavy atom. The third-order valence-electron chi connectivity index (χ3n) is 3.33. The van der Waals surface area contributed by atoms with Gasteiger partial charge in [0.1, 0.15) is 0 Å². The molecular weight excluding hydrogens is 314 g/mol. The van der Waals surface area contributed by atoms with Crippen molar-refractivity contribution in [1.29, 1.82) is 0 Å². The molecule has 0 bridgehead atoms. The maximum Gasteiger partial charge on any atom is 0.224 e. The van der Waals surface area contributed by atoms with Crippen LogP contribution in [-0.4, -0.2) is 17.3 Å². The minimum absolute atomic E-state index is 0.101. The van der Waals surface area contributed by atoms with Crippen LogP contribution in [0.1, 0.15) is 25.3 Å². The first-order chi connectivity index (χ1) is 9.66. The largest absolute Gasteiger partial charge is 0.356 e. The predicted octanol–water partition coefficient (Wildman–Crippen LogP) is 4.06. The molecule has 0 radical (unpaired) electrons. The number of hydrogen-bond acceptors (Lipinski definition) is 1. The average Bonchev–Trinajstić information content (AvgIpc) is 2.44. The number of amides is 1. The van der Waals surface area contributed by atoms with Crippen LogP contribution in [0.3, 0.4) is 0 Å². The van der Waals surface area contributed by atoms with E-state index in [1.807, 2.05) is 24.3 Å². The summed E-state index contributed by atoms with van der Waals surface area (Å²) in [5.41, 5.74) is 1.09. The average molecular weight is 334 g/mol. The van der Waals surface area contributed by atoms with Crippen LogP contribution in [0.2, 0.25) is 0 Å². The Kier molecular flexibility index (Phi) is 5.60. The van der Waals surface area contributed by atoms with Gasteiger partial charge in [0.15, 0.2) is 0 Å². The minimum Gasteiger partial charge on any atom is -0.356 e. The third-order valence-corrected chi connectivity index (χ3v) is 3.79. The number of carbonyl (C=O) groups is 1. The van der Waals surface area contributed by atoms with E-state index in [1.165, 1.54) is 10.8 Å². The van der Waals surface area contributed by atoms with E-state index in [2.05, 4.69) is 46.4 Å². The fraction of sp³-hybridized carbons (Fsp3) is 0.353. The number of alkyl halides is 1. The van der Waals surface area contributed by atoms with Crippen molar-refractivity contribution in [3.8, 4) is 0 Å². The highest BCUT2D eigenvalue weighted by Crippen LogP contribution is 2.18. The Hall–Kier alpha value is -1.35. The number of halogens is 1. The summed E-state index contributed by atoms with van der Waals surface area (Å²) in [4.78, 5) is 12.5. The molecule has 0 saturated carbocycles. The van der Waals surface area contributed by atoms with Crippen LogP contribution < -0.4 is 5.32 Å². The standard InChI is InChI=1S/C17H20BrNO/c1-13(18)6-5-11-19-17(20)12-15-9-4-8-14-7-2-3-10-16(14)15/h2-4,7-10,13H,5-6,11-12H2,1H3,(H,19,20). The number of benzene rings is 2. The second-order valence-corrected chi connectivity index (χ2v) is 6.65. The molecule has 106 valence electrons. The van der Waals surface area contributed by atoms with Gasteiger partial charge in [0.05, 0.1) is 6.42 Å². The Bertz CT molecular complexity index is 575. The van der Waals surface area contributed by atoms with Gasteiger partial charge < -0.3 is 5.32 Å². The zero-order chi connectivity index (χ0) is 14.4. The molecular formula is C17H20BrNO. The summed E-state index contributed by atoms with van der Waals surface area (Å²) >= 11 is 3.51. The Labute approximate surface area is 128 Å². The van der Waals surface area contributed by atoms with Crippen LogP contribution in [0, 0.1) is 0 Å². The lowest BCUT2D eigenvalue weighted by Gasteiger charge is -2.08. The van der Waals surface area contributed by atoms with Crippen molar-refractivity contribution in [1.82, 2.24) is 5.32 Å². The van der Waals surface area contributed by atoms with Gasteiger partial charge in [-0.15, -0.1) is 0 Å². The maximum absolute atomic E-state index is 12.0. The van der Waals surface area contributed by atoms with Crippen molar-refractivity contribution in [2.45, 2.75) is 31.0 Å². The molecule has 0 saturated heterocycles. The van der Waals surface area contributed by atoms with E-state index < -0.39 is 0 Å². The van der Waals surface area contributed by atoms with Crippen LogP contribution in [-0.2, 0) is 11.2 Å². The first kappa shape index (κ1) is 15.0. The molecule has 0 aliphatic rings. The van der Waals surface area contributed by atoms with Gasteiger partial charge in [0, 0.05) is 11.4 Å². The first-order valence-electron chi connectivity index (χ1n) is 7.04. The van der Waals surface area contributed by atoms with E-state index in [-0.39, 0.29) is 5.91 Å². The van der Waals surface area contributed by atoms with Gasteiger partial charge in [-0.3, -0.25) is 4.79 Å². The molecule has 0 aliphatic carbocycles. The SMILES string of the molecule is CC(Br)CCCNC(=O)Cc1cccc2ccccc12. The Morgan fingerprint density at radius 1 is 1.20 bits per heavy atom. The van der Waals surface area contributed by atoms with Crippen molar-refractivity contribution in [3.05, 3.63) is 48.0 Å². The van der Waals surface area contributed by atoms with Crippen LogP contribution in [0.15, 0.2) is 42.5 Å². The van der Waals surface area contributed by atoms with E-state index in [1.54, 1.807) is 0 Å². The lowest BCUT2D eigenvalue weighted by Crippen LogP contribution is -2.26. The molecule has 1 atom stereocenters. The first-order valence-corrected chi connectivity index (χ1v) is 7.96. The summed E-state index contributed by atoms with van der Waals surface area (Å²) < 4.78 is 0. The summed E-state index contributed by atoms with van der Waals surface area (Å²) in [6, 6.07) is 14.3. The summed E-state index contributed by atoms with van der Waals surface area (Å²) in [6.07, 6.45) is 2.54. The summed E-state index contributed by atoms with van der Waals surface area (Å²) in [6.45, 7) is 2.87. The quantitative estimate of drug-likeness (QED) is 0.626. The minimum atomic E-state index is 0.101. The van der Waals surface area contributed by atoms with Crippen LogP contribution in [0.5, 0.6) is 0 Å². The van der Waals surface area contributed by atoms with Crippen LogP contribution in [0.4, 0.5) is 0 Å². The molecule has 20 heavy (non-hydrogen) atoms. The molecule has 0 aromatic heterocycles. The number of fused-ring (bicyclic) bond motifs is 1. The highest BCUT2D eigenvalue weighted by atomic mass is 79.9. The fourth-order valence-corrected chi connectivity index (χ4v) is 2.62. The van der Waals surface area contributed by atoms with Crippen molar-refractivity contribution < 1.29 is 4.79 Å². The molecule has 1 amide bonds. The zero-order valence-corrected chi connectivity index (χ0v) is 13.3. The molecule has 1 unspecified atom stereocenters. The number of nitrogens with one attached hydrogen (secondary N) is 1. The molecule has 2 aromatic carbocycles. The van der Waals surface area contributed by atoms with E-state index in [0.717, 1.165) is 24.9 Å². The molecule has 1 N–H and O–H groups in total. The summed E-state index contributed by atoms with van der Waals surface area (Å²) in [5, 5.41) is 5.34. The molecule has 2 aromatic rings. The molecule has 0 spiro atoms. The van der Waals surface area contributed by atoms with Crippen molar-refractivity contribution in [2.75, 3.05) is 6.54 Å². The Balaban J connectivity index is 1.93. The second-order valence-electron chi connectivity index (χ2n) is 5.09. The smallest absolute Gasteiger partial charge is 0.224 e. The van der Waals surface area contributed by atoms with Gasteiger partial charge in [-0.2, -0.15) is 0 Å². The topological polar surface area (TPSA) is 29.1 Å². The van der Waals surface area contributed by atoms with E-state index >= 15 is 0 Å². The second kappa shape index (κ2) is 7.44. The fourth-order valence-electron chi connectivity index (χ4n) is 2.29. The van der Waals surface area contributed by atoms with Crippen LogP contribution >= 0.6 is 15.9 Å². The van der Waals surface area contributed by atoms with Gasteiger partial charge in [0.25, 0.3) is 0 Å². The van der Waals surface area contributed by atoms with Gasteiger partial charge in [-0.1, -0.05) is 65.3 Å². The highest BCUT2D eigenvalue weighted by molar-refractivity contribution is 9.09. The number of rotatable bonds is 6. The van der Waals surface area contributed by atoms with Crippen molar-refractivity contribution in [2.24, 2.45) is 0 Å². The van der Waals surface area contributed by atoms with Gasteiger partial charge in [0.2, 0.25) is 5.91 Å². The molecule has 3 heteroatoms. The van der Waals surface area contributed by atoms with E-state index in [9.17, 15) is 4.79 Å². The summed E-state index contributed by atoms with van der Waals surface area (Å²) in [7, 11) is 0. The summed E-state index contributed by atoms with van der Waals surface area (Å²) in [5.74, 6) is 0.101. The maximum atomic E-state index is 12.0. The van der Waals surface area contributed by atoms with Crippen LogP contribution in [0.25, 0.3) is 10.8 Å². The molecule has 0 fully saturated rings. The van der Waals surface area contributed by atoms with Gasteiger partial charge in [-0.25, -0.2) is 0 Å². The lowest BCUT2D eigenvalue weighted by atomic mass is 10.0. The predicted molar refractivity (Wildman–Crippen MR) is 88.3 cm³/mol. The Morgan fingerprint density at radius 2 is 1.95 bits per heavy atom. The van der Waals surface area contributed by atoms with Crippen molar-refractivity contribution in [3.63, 3.8) is 0 Å². The number of carbonyl (C=O) groups excluding carboxylic acids is 1. The molecule has 2 nitrogen and oxygen atoms in total. The number of hydrogen-bond donors (Lipinski definition) is 1. The normalized spacial score (nSPS) is 12.3. The van der Waals surface area contributed by atoms with E-state index in [0.29, 0.717) is 11.2 Å². The monoisotopic (exact) mass is 333 g/mol. The molecule has 2 rings (SSSR count). The van der Waals surface area contributed by atoms with E-state index in [4.69, 9.17) is 0 Å². The molecule has 0 aliphatic heterocycles. The molecule has 0 heterocycles. The lowest BCUT2D eigenvalue weighted by molar-refractivity contribution is -0.120. The third kappa shape index (κ3) is 4.34. The zero-order valence-electron chi connectivity index (χ0n) is 11.7. The van der Waals surface area contributed by atoms with Gasteiger partial charge in [-0.05, 0) is 29.2 Å². The highest BCUT2D eigenvalue weighted by Gasteiger charge is 2.06.